The largest absolute Gasteiger partial charge is 0.391 e. The first-order chi connectivity index (χ1) is 9.65. The molecule has 0 aromatic carbocycles. The van der Waals surface area contributed by atoms with Crippen LogP contribution in [0, 0.1) is 6.92 Å². The highest BCUT2D eigenvalue weighted by molar-refractivity contribution is 5.97. The Labute approximate surface area is 116 Å². The molecule has 6 nitrogen and oxygen atoms in total. The predicted molar refractivity (Wildman–Crippen MR) is 72.3 cm³/mol. The van der Waals surface area contributed by atoms with E-state index < -0.39 is 6.10 Å². The summed E-state index contributed by atoms with van der Waals surface area (Å²) in [5.41, 5.74) is 1.60. The van der Waals surface area contributed by atoms with Crippen LogP contribution in [0.5, 0.6) is 0 Å². The Morgan fingerprint density at radius 3 is 3.05 bits per heavy atom. The second-order valence-electron chi connectivity index (χ2n) is 5.28. The van der Waals surface area contributed by atoms with Crippen LogP contribution < -0.4 is 5.32 Å². The van der Waals surface area contributed by atoms with Crippen LogP contribution in [0.3, 0.4) is 0 Å². The summed E-state index contributed by atoms with van der Waals surface area (Å²) in [7, 11) is 0. The standard InChI is InChI=1S/C14H17N3O3/c1-8-10-6-9(7-15-14(10)20-17-8)13(19)16-11-4-2-3-5-12(11)18/h6-7,11-12,18H,2-5H2,1H3,(H,16,19)/t11-,12-/m0/s1. The van der Waals surface area contributed by atoms with E-state index >= 15 is 0 Å². The van der Waals surface area contributed by atoms with Crippen LogP contribution >= 0.6 is 0 Å². The summed E-state index contributed by atoms with van der Waals surface area (Å²) in [6, 6.07) is 1.55. The Balaban J connectivity index is 1.79. The van der Waals surface area contributed by atoms with E-state index in [0.717, 1.165) is 31.1 Å². The van der Waals surface area contributed by atoms with Crippen molar-refractivity contribution < 1.29 is 14.4 Å². The summed E-state index contributed by atoms with van der Waals surface area (Å²) in [4.78, 5) is 16.3. The molecule has 3 rings (SSSR count). The molecule has 6 heteroatoms. The zero-order chi connectivity index (χ0) is 14.1. The summed E-state index contributed by atoms with van der Waals surface area (Å²) in [6.07, 6.45) is 4.62. The van der Waals surface area contributed by atoms with Crippen LogP contribution in [0.25, 0.3) is 11.1 Å². The molecule has 106 valence electrons. The molecule has 2 N–H and O–H groups in total. The Morgan fingerprint density at radius 1 is 1.45 bits per heavy atom. The molecule has 0 spiro atoms. The number of hydrogen-bond donors (Lipinski definition) is 2. The molecule has 0 bridgehead atoms. The lowest BCUT2D eigenvalue weighted by molar-refractivity contribution is 0.0717. The van der Waals surface area contributed by atoms with Gasteiger partial charge in [-0.1, -0.05) is 18.0 Å². The number of amides is 1. The number of carbonyl (C=O) groups excluding carboxylic acids is 1. The van der Waals surface area contributed by atoms with Gasteiger partial charge >= 0.3 is 0 Å². The van der Waals surface area contributed by atoms with Crippen molar-refractivity contribution in [1.29, 1.82) is 0 Å². The molecule has 0 radical (unpaired) electrons. The minimum atomic E-state index is -0.457. The van der Waals surface area contributed by atoms with E-state index in [1.165, 1.54) is 6.20 Å². The van der Waals surface area contributed by atoms with Gasteiger partial charge in [-0.2, -0.15) is 0 Å². The number of aliphatic hydroxyl groups is 1. The Morgan fingerprint density at radius 2 is 2.25 bits per heavy atom. The summed E-state index contributed by atoms with van der Waals surface area (Å²) in [6.45, 7) is 1.81. The van der Waals surface area contributed by atoms with Gasteiger partial charge in [0.05, 0.1) is 28.8 Å². The zero-order valence-electron chi connectivity index (χ0n) is 11.3. The fraction of sp³-hybridized carbons (Fsp3) is 0.500. The fourth-order valence-electron chi connectivity index (χ4n) is 2.60. The number of fused-ring (bicyclic) bond motifs is 1. The summed E-state index contributed by atoms with van der Waals surface area (Å²) in [5.74, 6) is -0.217. The second kappa shape index (κ2) is 5.20. The number of aromatic nitrogens is 2. The van der Waals surface area contributed by atoms with E-state index in [4.69, 9.17) is 4.52 Å². The van der Waals surface area contributed by atoms with Crippen LogP contribution in [0.15, 0.2) is 16.8 Å². The topological polar surface area (TPSA) is 88.2 Å². The van der Waals surface area contributed by atoms with Gasteiger partial charge in [-0.05, 0) is 25.8 Å². The number of carbonyl (C=O) groups is 1. The first kappa shape index (κ1) is 13.1. The van der Waals surface area contributed by atoms with Crippen molar-refractivity contribution in [2.24, 2.45) is 0 Å². The quantitative estimate of drug-likeness (QED) is 0.868. The molecule has 2 aromatic rings. The molecule has 1 fully saturated rings. The highest BCUT2D eigenvalue weighted by Gasteiger charge is 2.25. The minimum absolute atomic E-state index is 0.171. The number of nitrogens with zero attached hydrogens (tertiary/aromatic N) is 2. The highest BCUT2D eigenvalue weighted by atomic mass is 16.5. The van der Waals surface area contributed by atoms with Gasteiger partial charge in [0.15, 0.2) is 0 Å². The molecule has 2 aromatic heterocycles. The number of aryl methyl sites for hydroxylation is 1. The van der Waals surface area contributed by atoms with Gasteiger partial charge in [-0.3, -0.25) is 4.79 Å². The maximum absolute atomic E-state index is 12.2. The van der Waals surface area contributed by atoms with Gasteiger partial charge < -0.3 is 14.9 Å². The maximum atomic E-state index is 12.2. The van der Waals surface area contributed by atoms with E-state index in [9.17, 15) is 9.90 Å². The fourth-order valence-corrected chi connectivity index (χ4v) is 2.60. The zero-order valence-corrected chi connectivity index (χ0v) is 11.3. The molecule has 0 aliphatic heterocycles. The van der Waals surface area contributed by atoms with Crippen LogP contribution in [0.1, 0.15) is 41.7 Å². The number of nitrogens with one attached hydrogen (secondary N) is 1. The van der Waals surface area contributed by atoms with Crippen molar-refractivity contribution >= 4 is 17.0 Å². The van der Waals surface area contributed by atoms with Gasteiger partial charge in [0.2, 0.25) is 0 Å². The molecular weight excluding hydrogens is 258 g/mol. The average Bonchev–Trinajstić information content (AvgIpc) is 2.82. The van der Waals surface area contributed by atoms with Crippen molar-refractivity contribution in [3.05, 3.63) is 23.5 Å². The Hall–Kier alpha value is -1.95. The molecule has 1 aliphatic rings. The van der Waals surface area contributed by atoms with Crippen LogP contribution in [-0.2, 0) is 0 Å². The normalized spacial score (nSPS) is 22.9. The SMILES string of the molecule is Cc1noc2ncc(C(=O)N[C@H]3CCCC[C@@H]3O)cc12. The average molecular weight is 275 g/mol. The van der Waals surface area contributed by atoms with Crippen LogP contribution in [-0.4, -0.2) is 33.3 Å². The molecule has 0 unspecified atom stereocenters. The molecule has 0 saturated heterocycles. The lowest BCUT2D eigenvalue weighted by atomic mass is 9.92. The first-order valence-electron chi connectivity index (χ1n) is 6.86. The first-order valence-corrected chi connectivity index (χ1v) is 6.86. The van der Waals surface area contributed by atoms with Gasteiger partial charge in [0.1, 0.15) is 0 Å². The molecular formula is C14H17N3O3. The lowest BCUT2D eigenvalue weighted by Gasteiger charge is -2.28. The molecule has 1 amide bonds. The van der Waals surface area contributed by atoms with E-state index in [2.05, 4.69) is 15.5 Å². The maximum Gasteiger partial charge on any atom is 0.257 e. The van der Waals surface area contributed by atoms with Gasteiger partial charge in [0.25, 0.3) is 11.6 Å². The Kier molecular flexibility index (Phi) is 3.40. The number of rotatable bonds is 2. The third kappa shape index (κ3) is 2.38. The van der Waals surface area contributed by atoms with Crippen molar-refractivity contribution in [3.63, 3.8) is 0 Å². The second-order valence-corrected chi connectivity index (χ2v) is 5.28. The monoisotopic (exact) mass is 275 g/mol. The van der Waals surface area contributed by atoms with E-state index in [1.54, 1.807) is 13.0 Å². The third-order valence-corrected chi connectivity index (χ3v) is 3.82. The van der Waals surface area contributed by atoms with Gasteiger partial charge in [-0.25, -0.2) is 4.98 Å². The van der Waals surface area contributed by atoms with Crippen molar-refractivity contribution in [1.82, 2.24) is 15.5 Å². The minimum Gasteiger partial charge on any atom is -0.391 e. The van der Waals surface area contributed by atoms with Crippen molar-refractivity contribution in [3.8, 4) is 0 Å². The van der Waals surface area contributed by atoms with E-state index in [0.29, 0.717) is 17.0 Å². The van der Waals surface area contributed by atoms with Crippen LogP contribution in [0.4, 0.5) is 0 Å². The van der Waals surface area contributed by atoms with E-state index in [-0.39, 0.29) is 11.9 Å². The molecule has 2 heterocycles. The van der Waals surface area contributed by atoms with E-state index in [1.807, 2.05) is 0 Å². The third-order valence-electron chi connectivity index (χ3n) is 3.82. The van der Waals surface area contributed by atoms with Gasteiger partial charge in [0, 0.05) is 6.20 Å². The summed E-state index contributed by atoms with van der Waals surface area (Å²) in [5, 5.41) is 17.3. The lowest BCUT2D eigenvalue weighted by Crippen LogP contribution is -2.45. The Bertz CT molecular complexity index is 638. The molecule has 20 heavy (non-hydrogen) atoms. The highest BCUT2D eigenvalue weighted by Crippen LogP contribution is 2.20. The van der Waals surface area contributed by atoms with Crippen molar-refractivity contribution in [2.75, 3.05) is 0 Å². The van der Waals surface area contributed by atoms with Crippen LogP contribution in [0.2, 0.25) is 0 Å². The number of pyridine rings is 1. The smallest absolute Gasteiger partial charge is 0.257 e. The summed E-state index contributed by atoms with van der Waals surface area (Å²) < 4.78 is 5.02. The number of aliphatic hydroxyl groups excluding tert-OH is 1. The molecule has 2 atom stereocenters. The molecule has 1 saturated carbocycles. The number of hydrogen-bond acceptors (Lipinski definition) is 5. The molecule has 1 aliphatic carbocycles. The van der Waals surface area contributed by atoms with Crippen molar-refractivity contribution in [2.45, 2.75) is 44.8 Å². The summed E-state index contributed by atoms with van der Waals surface area (Å²) >= 11 is 0. The van der Waals surface area contributed by atoms with Gasteiger partial charge in [-0.15, -0.1) is 0 Å². The predicted octanol–water partition coefficient (Wildman–Crippen LogP) is 1.56.